The van der Waals surface area contributed by atoms with Crippen molar-refractivity contribution in [2.24, 2.45) is 0 Å². The van der Waals surface area contributed by atoms with E-state index in [-0.39, 0.29) is 0 Å². The normalized spacial score (nSPS) is 11.4. The number of halogens is 1. The Balaban J connectivity index is 1.38. The fourth-order valence-electron chi connectivity index (χ4n) is 4.40. The summed E-state index contributed by atoms with van der Waals surface area (Å²) in [7, 11) is 0. The maximum absolute atomic E-state index is 8.90. The summed E-state index contributed by atoms with van der Waals surface area (Å²) in [5, 5.41) is 11.9. The third kappa shape index (κ3) is 4.88. The number of aryl methyl sites for hydroxylation is 1. The summed E-state index contributed by atoms with van der Waals surface area (Å²) in [6.45, 7) is 0.799. The third-order valence-electron chi connectivity index (χ3n) is 6.03. The molecule has 34 heavy (non-hydrogen) atoms. The molecule has 166 valence electrons. The molecule has 0 unspecified atom stereocenters. The molecular formula is C30H24ClN3. The molecule has 0 radical (unpaired) electrons. The van der Waals surface area contributed by atoms with Gasteiger partial charge in [0.15, 0.2) is 0 Å². The number of aromatic nitrogens is 2. The molecule has 0 aliphatic heterocycles. The Morgan fingerprint density at radius 1 is 0.912 bits per heavy atom. The number of para-hydroxylation sites is 1. The van der Waals surface area contributed by atoms with Crippen molar-refractivity contribution >= 4 is 45.6 Å². The molecule has 0 aliphatic carbocycles. The molecule has 2 aromatic heterocycles. The molecule has 0 amide bonds. The van der Waals surface area contributed by atoms with E-state index in [1.807, 2.05) is 30.3 Å². The van der Waals surface area contributed by atoms with Crippen LogP contribution >= 0.6 is 11.6 Å². The van der Waals surface area contributed by atoms with Crippen molar-refractivity contribution in [1.82, 2.24) is 9.55 Å². The average molecular weight is 462 g/mol. The van der Waals surface area contributed by atoms with E-state index in [1.165, 1.54) is 22.0 Å². The van der Waals surface area contributed by atoms with Crippen molar-refractivity contribution < 1.29 is 0 Å². The molecule has 0 bridgehead atoms. The van der Waals surface area contributed by atoms with E-state index in [9.17, 15) is 0 Å². The quantitative estimate of drug-likeness (QED) is 0.231. The van der Waals surface area contributed by atoms with Gasteiger partial charge in [0.25, 0.3) is 0 Å². The van der Waals surface area contributed by atoms with Gasteiger partial charge in [-0.1, -0.05) is 66.2 Å². The number of hydrogen-bond acceptors (Lipinski definition) is 2. The van der Waals surface area contributed by atoms with Crippen LogP contribution in [0.1, 0.15) is 35.2 Å². The fraction of sp³-hybridized carbons (Fsp3) is 0.133. The van der Waals surface area contributed by atoms with Crippen molar-refractivity contribution in [3.8, 4) is 6.07 Å². The summed E-state index contributed by atoms with van der Waals surface area (Å²) in [6, 6.07) is 29.3. The van der Waals surface area contributed by atoms with Crippen LogP contribution in [-0.2, 0) is 13.0 Å². The van der Waals surface area contributed by atoms with E-state index in [0.29, 0.717) is 11.4 Å². The largest absolute Gasteiger partial charge is 0.343 e. The Labute approximate surface area is 204 Å². The second kappa shape index (κ2) is 9.95. The molecule has 0 spiro atoms. The molecule has 0 fully saturated rings. The molecule has 2 heterocycles. The highest BCUT2D eigenvalue weighted by Gasteiger charge is 2.07. The Hall–Kier alpha value is -3.87. The van der Waals surface area contributed by atoms with Crippen LogP contribution in [0.5, 0.6) is 0 Å². The zero-order valence-electron chi connectivity index (χ0n) is 18.8. The SMILES string of the molecule is N#CCCCc1cccc2ccn(Cc3cccc(/C=C/c4ccc5ccc(Cl)cc5n4)c3)c12. The summed E-state index contributed by atoms with van der Waals surface area (Å²) in [6.07, 6.45) is 8.69. The lowest BCUT2D eigenvalue weighted by molar-refractivity contribution is 0.813. The Bertz CT molecular complexity index is 1540. The zero-order valence-corrected chi connectivity index (χ0v) is 19.5. The maximum Gasteiger partial charge on any atom is 0.0724 e. The number of benzene rings is 3. The minimum absolute atomic E-state index is 0.588. The number of nitriles is 1. The number of nitrogens with zero attached hydrogens (tertiary/aromatic N) is 3. The Kier molecular flexibility index (Phi) is 6.42. The summed E-state index contributed by atoms with van der Waals surface area (Å²) >= 11 is 6.12. The van der Waals surface area contributed by atoms with Crippen LogP contribution < -0.4 is 0 Å². The number of pyridine rings is 1. The molecule has 5 rings (SSSR count). The van der Waals surface area contributed by atoms with Gasteiger partial charge in [-0.05, 0) is 71.3 Å². The predicted molar refractivity (Wildman–Crippen MR) is 142 cm³/mol. The highest BCUT2D eigenvalue weighted by molar-refractivity contribution is 6.31. The van der Waals surface area contributed by atoms with Crippen LogP contribution in [0, 0.1) is 11.3 Å². The smallest absolute Gasteiger partial charge is 0.0724 e. The van der Waals surface area contributed by atoms with Crippen LogP contribution in [0.4, 0.5) is 0 Å². The lowest BCUT2D eigenvalue weighted by atomic mass is 10.1. The summed E-state index contributed by atoms with van der Waals surface area (Å²) in [5.41, 5.74) is 6.74. The minimum Gasteiger partial charge on any atom is -0.343 e. The standard InChI is InChI=1S/C30H24ClN3/c31-27-13-11-24-12-15-28(33-29(24)20-27)14-10-22-5-3-6-23(19-22)21-34-18-16-26-9-4-8-25(30(26)34)7-1-2-17-32/h3-6,8-16,18-20H,1-2,7,21H2/b14-10+. The van der Waals surface area contributed by atoms with Crippen LogP contribution in [0.2, 0.25) is 5.02 Å². The van der Waals surface area contributed by atoms with Gasteiger partial charge in [-0.15, -0.1) is 0 Å². The van der Waals surface area contributed by atoms with Crippen molar-refractivity contribution in [3.63, 3.8) is 0 Å². The van der Waals surface area contributed by atoms with E-state index in [1.54, 1.807) is 0 Å². The number of rotatable bonds is 7. The van der Waals surface area contributed by atoms with Gasteiger partial charge in [-0.2, -0.15) is 5.26 Å². The van der Waals surface area contributed by atoms with Crippen molar-refractivity contribution in [3.05, 3.63) is 112 Å². The van der Waals surface area contributed by atoms with E-state index in [0.717, 1.165) is 41.5 Å². The van der Waals surface area contributed by atoms with Gasteiger partial charge in [0, 0.05) is 29.6 Å². The molecule has 0 saturated carbocycles. The summed E-state index contributed by atoms with van der Waals surface area (Å²) in [5.74, 6) is 0. The van der Waals surface area contributed by atoms with Crippen molar-refractivity contribution in [2.45, 2.75) is 25.8 Å². The van der Waals surface area contributed by atoms with Gasteiger partial charge in [0.2, 0.25) is 0 Å². The first kappa shape index (κ1) is 21.9. The Morgan fingerprint density at radius 3 is 2.71 bits per heavy atom. The lowest BCUT2D eigenvalue weighted by Crippen LogP contribution is -2.00. The average Bonchev–Trinajstić information content (AvgIpc) is 3.26. The first-order chi connectivity index (χ1) is 16.7. The van der Waals surface area contributed by atoms with E-state index >= 15 is 0 Å². The number of fused-ring (bicyclic) bond motifs is 2. The fourth-order valence-corrected chi connectivity index (χ4v) is 4.57. The summed E-state index contributed by atoms with van der Waals surface area (Å²) in [4.78, 5) is 4.71. The molecule has 0 saturated heterocycles. The van der Waals surface area contributed by atoms with Gasteiger partial charge in [0.05, 0.1) is 22.8 Å². The second-order valence-corrected chi connectivity index (χ2v) is 8.90. The van der Waals surface area contributed by atoms with Crippen LogP contribution in [0.3, 0.4) is 0 Å². The molecule has 0 aliphatic rings. The Morgan fingerprint density at radius 2 is 1.79 bits per heavy atom. The highest BCUT2D eigenvalue weighted by Crippen LogP contribution is 2.24. The molecule has 4 heteroatoms. The van der Waals surface area contributed by atoms with E-state index in [4.69, 9.17) is 21.8 Å². The lowest BCUT2D eigenvalue weighted by Gasteiger charge is -2.10. The van der Waals surface area contributed by atoms with Gasteiger partial charge in [-0.3, -0.25) is 0 Å². The van der Waals surface area contributed by atoms with Gasteiger partial charge >= 0.3 is 0 Å². The molecular weight excluding hydrogens is 438 g/mol. The zero-order chi connectivity index (χ0) is 23.3. The minimum atomic E-state index is 0.588. The van der Waals surface area contributed by atoms with Gasteiger partial charge < -0.3 is 4.57 Å². The first-order valence-electron chi connectivity index (χ1n) is 11.5. The molecule has 0 N–H and O–H groups in total. The third-order valence-corrected chi connectivity index (χ3v) is 6.27. The van der Waals surface area contributed by atoms with E-state index < -0.39 is 0 Å². The molecule has 0 atom stereocenters. The van der Waals surface area contributed by atoms with Gasteiger partial charge in [-0.25, -0.2) is 4.98 Å². The second-order valence-electron chi connectivity index (χ2n) is 8.46. The molecule has 3 aromatic carbocycles. The highest BCUT2D eigenvalue weighted by atomic mass is 35.5. The number of hydrogen-bond donors (Lipinski definition) is 0. The van der Waals surface area contributed by atoms with Crippen LogP contribution in [-0.4, -0.2) is 9.55 Å². The van der Waals surface area contributed by atoms with Crippen molar-refractivity contribution in [1.29, 1.82) is 5.26 Å². The molecule has 5 aromatic rings. The molecule has 3 nitrogen and oxygen atoms in total. The predicted octanol–water partition coefficient (Wildman–Crippen LogP) is 7.91. The monoisotopic (exact) mass is 461 g/mol. The number of unbranched alkanes of at least 4 members (excludes halogenated alkanes) is 1. The van der Waals surface area contributed by atoms with Crippen LogP contribution in [0.25, 0.3) is 34.0 Å². The van der Waals surface area contributed by atoms with Crippen LogP contribution in [0.15, 0.2) is 85.1 Å². The van der Waals surface area contributed by atoms with E-state index in [2.05, 4.69) is 77.5 Å². The first-order valence-corrected chi connectivity index (χ1v) is 11.8. The van der Waals surface area contributed by atoms with Gasteiger partial charge in [0.1, 0.15) is 0 Å². The topological polar surface area (TPSA) is 41.6 Å². The summed E-state index contributed by atoms with van der Waals surface area (Å²) < 4.78 is 2.31. The van der Waals surface area contributed by atoms with Crippen molar-refractivity contribution in [2.75, 3.05) is 0 Å². The maximum atomic E-state index is 8.90.